The van der Waals surface area contributed by atoms with Crippen LogP contribution in [0, 0.1) is 0 Å². The topological polar surface area (TPSA) is 66.3 Å². The first-order chi connectivity index (χ1) is 13.7. The maximum Gasteiger partial charge on any atom is 0.273 e. The molecule has 0 saturated carbocycles. The van der Waals surface area contributed by atoms with Crippen molar-refractivity contribution in [3.63, 3.8) is 0 Å². The van der Waals surface area contributed by atoms with E-state index in [0.717, 1.165) is 44.7 Å². The Bertz CT molecular complexity index is 775. The molecular weight excluding hydrogens is 352 g/mol. The van der Waals surface area contributed by atoms with Crippen molar-refractivity contribution in [1.29, 1.82) is 0 Å². The third-order valence-corrected chi connectivity index (χ3v) is 6.27. The van der Waals surface area contributed by atoms with Crippen LogP contribution in [-0.2, 0) is 0 Å². The van der Waals surface area contributed by atoms with Crippen LogP contribution in [0.1, 0.15) is 42.6 Å². The molecule has 0 spiro atoms. The first-order valence-electron chi connectivity index (χ1n) is 10.4. The lowest BCUT2D eigenvalue weighted by molar-refractivity contribution is 0.0144. The maximum atomic E-state index is 12.8. The molecule has 0 unspecified atom stereocenters. The number of para-hydroxylation sites is 1. The van der Waals surface area contributed by atoms with Crippen LogP contribution in [-0.4, -0.2) is 76.0 Å². The monoisotopic (exact) mass is 382 g/mol. The zero-order chi connectivity index (χ0) is 19.4. The summed E-state index contributed by atoms with van der Waals surface area (Å²) >= 11 is 0. The molecule has 0 bridgehead atoms. The molecular formula is C21H30N6O. The molecule has 0 atom stereocenters. The van der Waals surface area contributed by atoms with Crippen LogP contribution < -0.4 is 5.32 Å². The van der Waals surface area contributed by atoms with E-state index in [1.807, 2.05) is 30.3 Å². The largest absolute Gasteiger partial charge is 0.349 e. The summed E-state index contributed by atoms with van der Waals surface area (Å²) in [4.78, 5) is 17.8. The van der Waals surface area contributed by atoms with Gasteiger partial charge in [-0.2, -0.15) is 0 Å². The molecule has 28 heavy (non-hydrogen) atoms. The number of amides is 1. The molecule has 2 aliphatic heterocycles. The van der Waals surface area contributed by atoms with Crippen LogP contribution in [0.25, 0.3) is 5.69 Å². The molecule has 0 radical (unpaired) electrons. The second kappa shape index (κ2) is 8.41. The van der Waals surface area contributed by atoms with E-state index in [1.165, 1.54) is 19.3 Å². The van der Waals surface area contributed by atoms with Gasteiger partial charge < -0.3 is 10.2 Å². The number of rotatable bonds is 5. The molecule has 3 heterocycles. The van der Waals surface area contributed by atoms with Gasteiger partial charge >= 0.3 is 0 Å². The first kappa shape index (κ1) is 19.1. The quantitative estimate of drug-likeness (QED) is 0.856. The van der Waals surface area contributed by atoms with Crippen LogP contribution in [0.15, 0.2) is 36.5 Å². The van der Waals surface area contributed by atoms with Gasteiger partial charge in [0, 0.05) is 12.1 Å². The van der Waals surface area contributed by atoms with Crippen LogP contribution in [0.2, 0.25) is 0 Å². The lowest BCUT2D eigenvalue weighted by Gasteiger charge is -2.50. The van der Waals surface area contributed by atoms with Gasteiger partial charge in [-0.25, -0.2) is 4.68 Å². The summed E-state index contributed by atoms with van der Waals surface area (Å²) in [6.45, 7) is 5.12. The van der Waals surface area contributed by atoms with E-state index in [-0.39, 0.29) is 11.4 Å². The Morgan fingerprint density at radius 1 is 1.07 bits per heavy atom. The third-order valence-electron chi connectivity index (χ3n) is 6.27. The van der Waals surface area contributed by atoms with E-state index in [1.54, 1.807) is 10.9 Å². The van der Waals surface area contributed by atoms with Crippen molar-refractivity contribution in [3.8, 4) is 5.69 Å². The van der Waals surface area contributed by atoms with Gasteiger partial charge in [0.15, 0.2) is 5.69 Å². The Kier molecular flexibility index (Phi) is 5.73. The molecule has 1 amide bonds. The van der Waals surface area contributed by atoms with Crippen molar-refractivity contribution in [2.45, 2.75) is 37.6 Å². The zero-order valence-electron chi connectivity index (χ0n) is 16.7. The summed E-state index contributed by atoms with van der Waals surface area (Å²) in [6.07, 6.45) is 7.74. The fourth-order valence-corrected chi connectivity index (χ4v) is 4.42. The van der Waals surface area contributed by atoms with Gasteiger partial charge in [-0.3, -0.25) is 9.69 Å². The Morgan fingerprint density at radius 3 is 2.50 bits per heavy atom. The standard InChI is InChI=1S/C21H30N6O/c1-25-14-10-21(11-15-25,26-12-6-3-7-13-26)17-22-20(28)19-16-27(24-23-19)18-8-4-2-5-9-18/h2,4-5,8-9,16H,3,6-7,10-15,17H2,1H3,(H,22,28). The summed E-state index contributed by atoms with van der Waals surface area (Å²) in [5, 5.41) is 11.4. The minimum atomic E-state index is -0.141. The van der Waals surface area contributed by atoms with E-state index in [2.05, 4.69) is 32.5 Å². The molecule has 1 N–H and O–H groups in total. The molecule has 1 aromatic heterocycles. The molecule has 2 fully saturated rings. The zero-order valence-corrected chi connectivity index (χ0v) is 16.7. The average Bonchev–Trinajstić information content (AvgIpc) is 3.25. The lowest BCUT2D eigenvalue weighted by Crippen LogP contribution is -2.61. The predicted octanol–water partition coefficient (Wildman–Crippen LogP) is 1.95. The highest BCUT2D eigenvalue weighted by Gasteiger charge is 2.40. The van der Waals surface area contributed by atoms with Gasteiger partial charge in [0.25, 0.3) is 5.91 Å². The highest BCUT2D eigenvalue weighted by atomic mass is 16.2. The minimum Gasteiger partial charge on any atom is -0.349 e. The van der Waals surface area contributed by atoms with E-state index >= 15 is 0 Å². The molecule has 2 saturated heterocycles. The molecule has 7 nitrogen and oxygen atoms in total. The number of carbonyl (C=O) groups excluding carboxylic acids is 1. The molecule has 7 heteroatoms. The van der Waals surface area contributed by atoms with Gasteiger partial charge in [-0.15, -0.1) is 5.10 Å². The number of nitrogens with zero attached hydrogens (tertiary/aromatic N) is 5. The van der Waals surface area contributed by atoms with Crippen LogP contribution in [0.3, 0.4) is 0 Å². The van der Waals surface area contributed by atoms with Crippen LogP contribution in [0.5, 0.6) is 0 Å². The van der Waals surface area contributed by atoms with Gasteiger partial charge in [0.2, 0.25) is 0 Å². The number of hydrogen-bond acceptors (Lipinski definition) is 5. The number of hydrogen-bond donors (Lipinski definition) is 1. The van der Waals surface area contributed by atoms with Crippen molar-refractivity contribution in [3.05, 3.63) is 42.2 Å². The fraction of sp³-hybridized carbons (Fsp3) is 0.571. The van der Waals surface area contributed by atoms with E-state index in [4.69, 9.17) is 0 Å². The molecule has 4 rings (SSSR count). The second-order valence-electron chi connectivity index (χ2n) is 8.14. The van der Waals surface area contributed by atoms with Crippen molar-refractivity contribution in [2.75, 3.05) is 39.8 Å². The van der Waals surface area contributed by atoms with E-state index in [9.17, 15) is 4.79 Å². The van der Waals surface area contributed by atoms with Crippen LogP contribution >= 0.6 is 0 Å². The smallest absolute Gasteiger partial charge is 0.273 e. The predicted molar refractivity (Wildman–Crippen MR) is 109 cm³/mol. The number of aromatic nitrogens is 3. The average molecular weight is 383 g/mol. The Labute approximate surface area is 166 Å². The normalized spacial score (nSPS) is 20.8. The number of carbonyl (C=O) groups is 1. The number of nitrogens with one attached hydrogen (secondary N) is 1. The number of piperidine rings is 2. The van der Waals surface area contributed by atoms with Gasteiger partial charge in [0.1, 0.15) is 0 Å². The molecule has 2 aliphatic rings. The fourth-order valence-electron chi connectivity index (χ4n) is 4.42. The Hall–Kier alpha value is -2.25. The molecule has 1 aromatic carbocycles. The summed E-state index contributed by atoms with van der Waals surface area (Å²) in [5.74, 6) is -0.141. The van der Waals surface area contributed by atoms with Gasteiger partial charge in [-0.05, 0) is 71.0 Å². The van der Waals surface area contributed by atoms with Crippen molar-refractivity contribution in [1.82, 2.24) is 30.1 Å². The maximum absolute atomic E-state index is 12.8. The summed E-state index contributed by atoms with van der Waals surface area (Å²) in [7, 11) is 2.18. The van der Waals surface area contributed by atoms with Crippen LogP contribution in [0.4, 0.5) is 0 Å². The second-order valence-corrected chi connectivity index (χ2v) is 8.14. The number of benzene rings is 1. The number of likely N-dealkylation sites (tertiary alicyclic amines) is 2. The van der Waals surface area contributed by atoms with Crippen molar-refractivity contribution >= 4 is 5.91 Å². The SMILES string of the molecule is CN1CCC(CNC(=O)c2cn(-c3ccccc3)nn2)(N2CCCCC2)CC1. The van der Waals surface area contributed by atoms with E-state index in [0.29, 0.717) is 12.2 Å². The molecule has 150 valence electrons. The lowest BCUT2D eigenvalue weighted by atomic mass is 9.84. The first-order valence-corrected chi connectivity index (χ1v) is 10.4. The molecule has 0 aliphatic carbocycles. The summed E-state index contributed by atoms with van der Waals surface area (Å²) in [6, 6.07) is 9.73. The highest BCUT2D eigenvalue weighted by Crippen LogP contribution is 2.30. The Balaban J connectivity index is 1.43. The van der Waals surface area contributed by atoms with Gasteiger partial charge in [-0.1, -0.05) is 29.8 Å². The summed E-state index contributed by atoms with van der Waals surface area (Å²) in [5.41, 5.74) is 1.33. The Morgan fingerprint density at radius 2 is 1.79 bits per heavy atom. The van der Waals surface area contributed by atoms with Gasteiger partial charge in [0.05, 0.1) is 11.9 Å². The van der Waals surface area contributed by atoms with Crippen molar-refractivity contribution in [2.24, 2.45) is 0 Å². The summed E-state index contributed by atoms with van der Waals surface area (Å²) < 4.78 is 1.64. The minimum absolute atomic E-state index is 0.0675. The highest BCUT2D eigenvalue weighted by molar-refractivity contribution is 5.92. The van der Waals surface area contributed by atoms with Crippen molar-refractivity contribution < 1.29 is 4.79 Å². The van der Waals surface area contributed by atoms with E-state index < -0.39 is 0 Å². The molecule has 2 aromatic rings. The third kappa shape index (κ3) is 4.10.